The van der Waals surface area contributed by atoms with Crippen LogP contribution >= 0.6 is 7.82 Å². The van der Waals surface area contributed by atoms with E-state index in [4.69, 9.17) is 14.3 Å². The van der Waals surface area contributed by atoms with Crippen LogP contribution in [0.2, 0.25) is 0 Å². The van der Waals surface area contributed by atoms with Crippen molar-refractivity contribution in [3.05, 3.63) is 0 Å². The standard InChI is InChI=1S/C11H25O4P/c1-6-7-11(10(4)5,8-9(2)3)15-16(12,13)14/h9-10H,6-8H2,1-5H3,(H2,12,13,14). The Hall–Kier alpha value is 0.110. The summed E-state index contributed by atoms with van der Waals surface area (Å²) in [6.07, 6.45) is 2.20. The Kier molecular flexibility index (Phi) is 6.20. The Labute approximate surface area is 98.6 Å². The second kappa shape index (κ2) is 6.15. The highest BCUT2D eigenvalue weighted by Crippen LogP contribution is 2.48. The molecule has 0 aliphatic carbocycles. The van der Waals surface area contributed by atoms with Crippen LogP contribution in [0.5, 0.6) is 0 Å². The molecule has 0 aliphatic heterocycles. The fourth-order valence-electron chi connectivity index (χ4n) is 2.17. The maximum Gasteiger partial charge on any atom is 0.470 e. The predicted molar refractivity (Wildman–Crippen MR) is 65.1 cm³/mol. The van der Waals surface area contributed by atoms with Gasteiger partial charge in [-0.1, -0.05) is 41.0 Å². The molecule has 0 amide bonds. The van der Waals surface area contributed by atoms with Gasteiger partial charge in [-0.3, -0.25) is 4.52 Å². The maximum atomic E-state index is 11.1. The minimum atomic E-state index is -4.43. The topological polar surface area (TPSA) is 66.8 Å². The van der Waals surface area contributed by atoms with Gasteiger partial charge >= 0.3 is 7.82 Å². The molecule has 0 aromatic rings. The number of hydrogen-bond acceptors (Lipinski definition) is 2. The number of phosphoric acid groups is 1. The molecule has 0 aromatic heterocycles. The molecule has 0 saturated carbocycles. The fraction of sp³-hybridized carbons (Fsp3) is 1.00. The van der Waals surface area contributed by atoms with Gasteiger partial charge in [0.25, 0.3) is 0 Å². The molecule has 4 nitrogen and oxygen atoms in total. The lowest BCUT2D eigenvalue weighted by Crippen LogP contribution is -2.38. The van der Waals surface area contributed by atoms with Crippen LogP contribution in [0.4, 0.5) is 0 Å². The first-order chi connectivity index (χ1) is 7.13. The highest BCUT2D eigenvalue weighted by molar-refractivity contribution is 7.46. The Morgan fingerprint density at radius 2 is 1.75 bits per heavy atom. The van der Waals surface area contributed by atoms with E-state index in [-0.39, 0.29) is 5.92 Å². The summed E-state index contributed by atoms with van der Waals surface area (Å²) in [5, 5.41) is 0. The van der Waals surface area contributed by atoms with E-state index >= 15 is 0 Å². The number of phosphoric ester groups is 1. The molecule has 0 saturated heterocycles. The van der Waals surface area contributed by atoms with Gasteiger partial charge in [0.1, 0.15) is 0 Å². The van der Waals surface area contributed by atoms with E-state index in [2.05, 4.69) is 0 Å². The molecule has 2 N–H and O–H groups in total. The van der Waals surface area contributed by atoms with E-state index < -0.39 is 13.4 Å². The zero-order valence-corrected chi connectivity index (χ0v) is 11.8. The van der Waals surface area contributed by atoms with Crippen molar-refractivity contribution < 1.29 is 18.9 Å². The SMILES string of the molecule is CCCC(CC(C)C)(OP(=O)(O)O)C(C)C. The smallest absolute Gasteiger partial charge is 0.303 e. The second-order valence-electron chi connectivity index (χ2n) is 5.15. The van der Waals surface area contributed by atoms with Gasteiger partial charge in [-0.15, -0.1) is 0 Å². The molecule has 0 aliphatic rings. The minimum absolute atomic E-state index is 0.0856. The molecule has 0 rings (SSSR count). The van der Waals surface area contributed by atoms with Gasteiger partial charge in [0.05, 0.1) is 5.60 Å². The van der Waals surface area contributed by atoms with Crippen LogP contribution in [0, 0.1) is 11.8 Å². The molecule has 16 heavy (non-hydrogen) atoms. The summed E-state index contributed by atoms with van der Waals surface area (Å²) < 4.78 is 16.2. The van der Waals surface area contributed by atoms with Crippen molar-refractivity contribution in [2.45, 2.75) is 59.5 Å². The predicted octanol–water partition coefficient (Wildman–Crippen LogP) is 3.34. The molecule has 0 aromatic carbocycles. The summed E-state index contributed by atoms with van der Waals surface area (Å²) in [5.74, 6) is 0.433. The molecule has 0 fully saturated rings. The van der Waals surface area contributed by atoms with Gasteiger partial charge in [-0.2, -0.15) is 0 Å². The third-order valence-corrected chi connectivity index (χ3v) is 3.38. The molecular formula is C11H25O4P. The lowest BCUT2D eigenvalue weighted by atomic mass is 9.80. The Bertz CT molecular complexity index is 246. The van der Waals surface area contributed by atoms with E-state index in [1.54, 1.807) is 0 Å². The van der Waals surface area contributed by atoms with Crippen LogP contribution in [-0.2, 0) is 9.09 Å². The van der Waals surface area contributed by atoms with Gasteiger partial charge in [-0.05, 0) is 24.7 Å². The van der Waals surface area contributed by atoms with Crippen LogP contribution in [-0.4, -0.2) is 15.4 Å². The minimum Gasteiger partial charge on any atom is -0.303 e. The zero-order chi connectivity index (χ0) is 13.0. The largest absolute Gasteiger partial charge is 0.470 e. The summed E-state index contributed by atoms with van der Waals surface area (Å²) in [6.45, 7) is 9.98. The second-order valence-corrected chi connectivity index (χ2v) is 6.31. The lowest BCUT2D eigenvalue weighted by molar-refractivity contribution is -0.0285. The van der Waals surface area contributed by atoms with Crippen molar-refractivity contribution in [3.8, 4) is 0 Å². The normalized spacial score (nSPS) is 16.8. The summed E-state index contributed by atoms with van der Waals surface area (Å²) in [4.78, 5) is 18.1. The maximum absolute atomic E-state index is 11.1. The quantitative estimate of drug-likeness (QED) is 0.682. The van der Waals surface area contributed by atoms with Crippen LogP contribution in [0.1, 0.15) is 53.9 Å². The van der Waals surface area contributed by atoms with Gasteiger partial charge < -0.3 is 9.79 Å². The monoisotopic (exact) mass is 252 g/mol. The molecule has 0 heterocycles. The number of rotatable bonds is 7. The van der Waals surface area contributed by atoms with E-state index in [9.17, 15) is 4.57 Å². The fourth-order valence-corrected chi connectivity index (χ4v) is 3.02. The summed E-state index contributed by atoms with van der Waals surface area (Å²) in [5.41, 5.74) is -0.706. The summed E-state index contributed by atoms with van der Waals surface area (Å²) in [7, 11) is -4.43. The van der Waals surface area contributed by atoms with E-state index in [1.165, 1.54) is 0 Å². The zero-order valence-electron chi connectivity index (χ0n) is 10.9. The average Bonchev–Trinajstić information content (AvgIpc) is 1.98. The highest BCUT2D eigenvalue weighted by Gasteiger charge is 2.40. The molecule has 1 atom stereocenters. The molecule has 0 bridgehead atoms. The Balaban J connectivity index is 5.01. The van der Waals surface area contributed by atoms with Gasteiger partial charge in [0.2, 0.25) is 0 Å². The molecular weight excluding hydrogens is 227 g/mol. The molecule has 5 heteroatoms. The molecule has 98 valence electrons. The summed E-state index contributed by atoms with van der Waals surface area (Å²) in [6, 6.07) is 0. The van der Waals surface area contributed by atoms with E-state index in [0.29, 0.717) is 18.8 Å². The Morgan fingerprint density at radius 3 is 2.00 bits per heavy atom. The van der Waals surface area contributed by atoms with Gasteiger partial charge in [-0.25, -0.2) is 4.57 Å². The molecule has 0 radical (unpaired) electrons. The van der Waals surface area contributed by atoms with E-state index in [0.717, 1.165) is 6.42 Å². The first-order valence-electron chi connectivity index (χ1n) is 5.89. The van der Waals surface area contributed by atoms with E-state index in [1.807, 2.05) is 34.6 Å². The van der Waals surface area contributed by atoms with Crippen LogP contribution < -0.4 is 0 Å². The van der Waals surface area contributed by atoms with Crippen molar-refractivity contribution >= 4 is 7.82 Å². The van der Waals surface area contributed by atoms with Crippen LogP contribution in [0.3, 0.4) is 0 Å². The molecule has 1 unspecified atom stereocenters. The third-order valence-electron chi connectivity index (χ3n) is 2.78. The number of hydrogen-bond donors (Lipinski definition) is 2. The third kappa shape index (κ3) is 5.44. The summed E-state index contributed by atoms with van der Waals surface area (Å²) >= 11 is 0. The van der Waals surface area contributed by atoms with Gasteiger partial charge in [0, 0.05) is 0 Å². The van der Waals surface area contributed by atoms with Gasteiger partial charge in [0.15, 0.2) is 0 Å². The average molecular weight is 252 g/mol. The highest BCUT2D eigenvalue weighted by atomic mass is 31.2. The van der Waals surface area contributed by atoms with Crippen molar-refractivity contribution in [2.75, 3.05) is 0 Å². The van der Waals surface area contributed by atoms with Crippen LogP contribution in [0.15, 0.2) is 0 Å². The lowest BCUT2D eigenvalue weighted by Gasteiger charge is -2.38. The Morgan fingerprint density at radius 1 is 1.25 bits per heavy atom. The van der Waals surface area contributed by atoms with Crippen molar-refractivity contribution in [2.24, 2.45) is 11.8 Å². The van der Waals surface area contributed by atoms with Crippen molar-refractivity contribution in [1.82, 2.24) is 0 Å². The van der Waals surface area contributed by atoms with Crippen molar-refractivity contribution in [3.63, 3.8) is 0 Å². The first kappa shape index (κ1) is 16.1. The van der Waals surface area contributed by atoms with Crippen molar-refractivity contribution in [1.29, 1.82) is 0 Å². The van der Waals surface area contributed by atoms with Crippen LogP contribution in [0.25, 0.3) is 0 Å². The first-order valence-corrected chi connectivity index (χ1v) is 7.42. The molecule has 0 spiro atoms.